The number of nitrogens with one attached hydrogen (secondary N) is 2. The Kier molecular flexibility index (Phi) is 5.69. The quantitative estimate of drug-likeness (QED) is 0.388. The molecule has 3 aromatic rings. The van der Waals surface area contributed by atoms with E-state index in [4.69, 9.17) is 0 Å². The van der Waals surface area contributed by atoms with Crippen LogP contribution in [0, 0.1) is 34.9 Å². The molecule has 4 atom stereocenters. The van der Waals surface area contributed by atoms with Crippen molar-refractivity contribution in [2.45, 2.75) is 50.7 Å². The number of halogens is 1. The lowest BCUT2D eigenvalue weighted by atomic mass is 9.44. The summed E-state index contributed by atoms with van der Waals surface area (Å²) < 4.78 is 47.8. The first kappa shape index (κ1) is 24.3. The van der Waals surface area contributed by atoms with Crippen molar-refractivity contribution in [3.63, 3.8) is 0 Å². The summed E-state index contributed by atoms with van der Waals surface area (Å²) in [7, 11) is -3.66. The van der Waals surface area contributed by atoms with Crippen LogP contribution < -0.4 is 9.44 Å². The third kappa shape index (κ3) is 3.98. The summed E-state index contributed by atoms with van der Waals surface area (Å²) in [6, 6.07) is 13.8. The highest BCUT2D eigenvalue weighted by atomic mass is 32.2. The number of hydrogen-bond donors (Lipinski definition) is 3. The number of fused-ring (bicyclic) bond motifs is 3. The standard InChI is InChI=1S/C29H33FN4O3S/c30-24-8-4-7-22-26-16-31-17-34(26)25(28(22)24)11-27(35)29-12-18-9-19(13-29)23(20(10-18)14-29)15-32-38(36,37)33-21-5-2-1-3-6-21/h1-8,16-20,23,25,27,32-33,35H,9-15H2. The maximum absolute atomic E-state index is 15.0. The Morgan fingerprint density at radius 3 is 2.61 bits per heavy atom. The van der Waals surface area contributed by atoms with Gasteiger partial charge in [-0.15, -0.1) is 0 Å². The molecule has 0 radical (unpaired) electrons. The van der Waals surface area contributed by atoms with Gasteiger partial charge in [-0.2, -0.15) is 13.1 Å². The predicted molar refractivity (Wildman–Crippen MR) is 143 cm³/mol. The molecule has 2 heterocycles. The molecular formula is C29H33FN4O3S. The predicted octanol–water partition coefficient (Wildman–Crippen LogP) is 4.73. The van der Waals surface area contributed by atoms with E-state index in [1.54, 1.807) is 42.9 Å². The fourth-order valence-corrected chi connectivity index (χ4v) is 9.46. The minimum Gasteiger partial charge on any atom is -0.392 e. The van der Waals surface area contributed by atoms with Gasteiger partial charge in [-0.1, -0.05) is 30.3 Å². The highest BCUT2D eigenvalue weighted by Gasteiger charge is 2.58. The summed E-state index contributed by atoms with van der Waals surface area (Å²) in [6.45, 7) is 0.413. The molecule has 0 spiro atoms. The first-order chi connectivity index (χ1) is 18.3. The third-order valence-corrected chi connectivity index (χ3v) is 10.9. The van der Waals surface area contributed by atoms with Crippen molar-refractivity contribution in [2.24, 2.45) is 29.1 Å². The monoisotopic (exact) mass is 536 g/mol. The molecule has 4 saturated carbocycles. The number of aromatic nitrogens is 2. The molecular weight excluding hydrogens is 503 g/mol. The van der Waals surface area contributed by atoms with Crippen molar-refractivity contribution < 1.29 is 17.9 Å². The van der Waals surface area contributed by atoms with Crippen molar-refractivity contribution in [2.75, 3.05) is 11.3 Å². The Hall–Kier alpha value is -2.75. The summed E-state index contributed by atoms with van der Waals surface area (Å²) >= 11 is 0. The second kappa shape index (κ2) is 8.89. The van der Waals surface area contributed by atoms with Gasteiger partial charge in [0.15, 0.2) is 0 Å². The minimum atomic E-state index is -3.66. The van der Waals surface area contributed by atoms with E-state index in [-0.39, 0.29) is 23.2 Å². The number of rotatable bonds is 8. The smallest absolute Gasteiger partial charge is 0.299 e. The summed E-state index contributed by atoms with van der Waals surface area (Å²) in [5, 5.41) is 11.8. The first-order valence-corrected chi connectivity index (χ1v) is 15.1. The number of aliphatic hydroxyl groups excluding tert-OH is 1. The second-order valence-corrected chi connectivity index (χ2v) is 13.5. The van der Waals surface area contributed by atoms with Crippen molar-refractivity contribution in [1.82, 2.24) is 14.3 Å². The summed E-state index contributed by atoms with van der Waals surface area (Å²) in [6.07, 6.45) is 8.40. The number of anilines is 1. The topological polar surface area (TPSA) is 96.2 Å². The molecule has 7 nitrogen and oxygen atoms in total. The summed E-state index contributed by atoms with van der Waals surface area (Å²) in [5.74, 6) is 1.36. The van der Waals surface area contributed by atoms with E-state index in [1.165, 1.54) is 6.07 Å². The Morgan fingerprint density at radius 2 is 1.84 bits per heavy atom. The second-order valence-electron chi connectivity index (χ2n) is 12.0. The van der Waals surface area contributed by atoms with Gasteiger partial charge in [-0.05, 0) is 85.8 Å². The van der Waals surface area contributed by atoms with Gasteiger partial charge in [0.25, 0.3) is 10.2 Å². The maximum Gasteiger partial charge on any atom is 0.299 e. The van der Waals surface area contributed by atoms with Gasteiger partial charge in [0.2, 0.25) is 0 Å². The Bertz CT molecular complexity index is 1440. The molecule has 0 amide bonds. The Labute approximate surface area is 222 Å². The van der Waals surface area contributed by atoms with Gasteiger partial charge in [-0.3, -0.25) is 4.72 Å². The summed E-state index contributed by atoms with van der Waals surface area (Å²) in [4.78, 5) is 4.30. The molecule has 1 aliphatic heterocycles. The molecule has 4 fully saturated rings. The number of nitrogens with zero attached hydrogens (tertiary/aromatic N) is 2. The molecule has 5 aliphatic rings. The zero-order valence-corrected chi connectivity index (χ0v) is 21.9. The molecule has 4 aliphatic carbocycles. The van der Waals surface area contributed by atoms with Crippen LogP contribution in [0.3, 0.4) is 0 Å². The van der Waals surface area contributed by atoms with Crippen LogP contribution in [0.4, 0.5) is 10.1 Å². The normalized spacial score (nSPS) is 31.7. The van der Waals surface area contributed by atoms with Gasteiger partial charge < -0.3 is 9.67 Å². The first-order valence-electron chi connectivity index (χ1n) is 13.6. The van der Waals surface area contributed by atoms with Gasteiger partial charge in [0.1, 0.15) is 5.82 Å². The van der Waals surface area contributed by atoms with E-state index in [9.17, 15) is 17.9 Å². The Balaban J connectivity index is 1.07. The zero-order valence-electron chi connectivity index (χ0n) is 21.1. The molecule has 0 saturated heterocycles. The number of aliphatic hydroxyl groups is 1. The summed E-state index contributed by atoms with van der Waals surface area (Å²) in [5.41, 5.74) is 2.77. The van der Waals surface area contributed by atoms with Crippen LogP contribution in [0.15, 0.2) is 61.1 Å². The highest BCUT2D eigenvalue weighted by Crippen LogP contribution is 2.64. The van der Waals surface area contributed by atoms with Crippen LogP contribution in [-0.4, -0.2) is 35.7 Å². The fourth-order valence-electron chi connectivity index (χ4n) is 8.53. The number of benzene rings is 2. The van der Waals surface area contributed by atoms with Crippen molar-refractivity contribution in [1.29, 1.82) is 0 Å². The number of imidazole rings is 1. The Morgan fingerprint density at radius 1 is 1.08 bits per heavy atom. The van der Waals surface area contributed by atoms with Crippen LogP contribution in [-0.2, 0) is 10.2 Å². The zero-order chi connectivity index (χ0) is 26.1. The molecule has 2 aromatic carbocycles. The van der Waals surface area contributed by atoms with Crippen molar-refractivity contribution in [3.8, 4) is 11.3 Å². The van der Waals surface area contributed by atoms with Crippen LogP contribution >= 0.6 is 0 Å². The van der Waals surface area contributed by atoms with Crippen LogP contribution in [0.25, 0.3) is 11.3 Å². The fraction of sp³-hybridized carbons (Fsp3) is 0.483. The lowest BCUT2D eigenvalue weighted by Gasteiger charge is -2.61. The van der Waals surface area contributed by atoms with Gasteiger partial charge >= 0.3 is 0 Å². The SMILES string of the molecule is O=S(=O)(NCC1C2CC3CC1CC(C(O)CC1c4c(F)cccc4-c4cncn41)(C3)C2)Nc1ccccc1. The average molecular weight is 537 g/mol. The van der Waals surface area contributed by atoms with E-state index in [2.05, 4.69) is 14.4 Å². The lowest BCUT2D eigenvalue weighted by molar-refractivity contribution is -0.148. The molecule has 1 aromatic heterocycles. The molecule has 3 N–H and O–H groups in total. The lowest BCUT2D eigenvalue weighted by Crippen LogP contribution is -2.57. The molecule has 38 heavy (non-hydrogen) atoms. The largest absolute Gasteiger partial charge is 0.392 e. The van der Waals surface area contributed by atoms with E-state index in [0.29, 0.717) is 42.0 Å². The molecule has 4 unspecified atom stereocenters. The van der Waals surface area contributed by atoms with E-state index in [1.807, 2.05) is 16.7 Å². The average Bonchev–Trinajstić information content (AvgIpc) is 3.47. The van der Waals surface area contributed by atoms with Crippen molar-refractivity contribution >= 4 is 15.9 Å². The molecule has 9 heteroatoms. The van der Waals surface area contributed by atoms with Gasteiger partial charge in [0.05, 0.1) is 30.4 Å². The molecule has 200 valence electrons. The molecule has 8 rings (SSSR count). The van der Waals surface area contributed by atoms with Crippen LogP contribution in [0.5, 0.6) is 0 Å². The third-order valence-electron chi connectivity index (χ3n) is 9.87. The van der Waals surface area contributed by atoms with E-state index >= 15 is 0 Å². The van der Waals surface area contributed by atoms with Crippen molar-refractivity contribution in [3.05, 3.63) is 72.4 Å². The van der Waals surface area contributed by atoms with E-state index < -0.39 is 16.3 Å². The van der Waals surface area contributed by atoms with E-state index in [0.717, 1.165) is 43.4 Å². The van der Waals surface area contributed by atoms with Crippen LogP contribution in [0.1, 0.15) is 50.1 Å². The number of hydrogen-bond acceptors (Lipinski definition) is 4. The maximum atomic E-state index is 15.0. The molecule has 4 bridgehead atoms. The van der Waals surface area contributed by atoms with Gasteiger partial charge in [0, 0.05) is 23.4 Å². The van der Waals surface area contributed by atoms with Gasteiger partial charge in [-0.25, -0.2) is 9.37 Å². The minimum absolute atomic E-state index is 0.192. The number of para-hydroxylation sites is 1. The highest BCUT2D eigenvalue weighted by molar-refractivity contribution is 7.90. The van der Waals surface area contributed by atoms with Crippen LogP contribution in [0.2, 0.25) is 0 Å².